The molecule has 0 spiro atoms. The fourth-order valence-corrected chi connectivity index (χ4v) is 3.04. The number of hydrogen-bond donors (Lipinski definition) is 1. The number of rotatable bonds is 5. The van der Waals surface area contributed by atoms with E-state index in [-0.39, 0.29) is 5.60 Å². The molecule has 0 aromatic heterocycles. The van der Waals surface area contributed by atoms with Gasteiger partial charge in [-0.15, -0.1) is 0 Å². The molecule has 0 bridgehead atoms. The van der Waals surface area contributed by atoms with Crippen LogP contribution in [-0.4, -0.2) is 18.2 Å². The number of benzene rings is 1. The standard InChI is InChI=1S/C16H24ClNO/c1-3-16(4-2)11-14(9-10-19-16)18-12-13-7-5-6-8-15(13)17/h5-8,14,18H,3-4,9-12H2,1-2H3. The summed E-state index contributed by atoms with van der Waals surface area (Å²) in [6.45, 7) is 6.15. The Balaban J connectivity index is 1.91. The van der Waals surface area contributed by atoms with Gasteiger partial charge in [0.1, 0.15) is 0 Å². The molecule has 0 saturated carbocycles. The number of hydrogen-bond acceptors (Lipinski definition) is 2. The van der Waals surface area contributed by atoms with Crippen LogP contribution in [0.4, 0.5) is 0 Å². The van der Waals surface area contributed by atoms with Crippen molar-refractivity contribution in [2.24, 2.45) is 0 Å². The molecule has 0 amide bonds. The van der Waals surface area contributed by atoms with Crippen LogP contribution in [0.3, 0.4) is 0 Å². The lowest BCUT2D eigenvalue weighted by Gasteiger charge is -2.40. The average Bonchev–Trinajstić information content (AvgIpc) is 2.46. The average molecular weight is 282 g/mol. The van der Waals surface area contributed by atoms with E-state index in [1.165, 1.54) is 5.56 Å². The Morgan fingerprint density at radius 1 is 1.32 bits per heavy atom. The maximum absolute atomic E-state index is 6.19. The van der Waals surface area contributed by atoms with Gasteiger partial charge in [-0.1, -0.05) is 43.6 Å². The third-order valence-electron chi connectivity index (χ3n) is 4.32. The van der Waals surface area contributed by atoms with E-state index in [1.54, 1.807) is 0 Å². The summed E-state index contributed by atoms with van der Waals surface area (Å²) in [5, 5.41) is 4.48. The molecule has 2 nitrogen and oxygen atoms in total. The summed E-state index contributed by atoms with van der Waals surface area (Å²) in [4.78, 5) is 0. The highest BCUT2D eigenvalue weighted by Crippen LogP contribution is 2.31. The lowest BCUT2D eigenvalue weighted by atomic mass is 9.86. The number of ether oxygens (including phenoxy) is 1. The van der Waals surface area contributed by atoms with E-state index in [0.29, 0.717) is 6.04 Å². The quantitative estimate of drug-likeness (QED) is 0.875. The summed E-state index contributed by atoms with van der Waals surface area (Å²) >= 11 is 6.19. The minimum absolute atomic E-state index is 0.0798. The molecule has 3 heteroatoms. The van der Waals surface area contributed by atoms with Gasteiger partial charge in [-0.25, -0.2) is 0 Å². The second kappa shape index (κ2) is 6.74. The maximum atomic E-state index is 6.19. The van der Waals surface area contributed by atoms with E-state index >= 15 is 0 Å². The Labute approximate surface area is 121 Å². The van der Waals surface area contributed by atoms with Gasteiger partial charge in [-0.2, -0.15) is 0 Å². The van der Waals surface area contributed by atoms with Crippen molar-refractivity contribution in [3.8, 4) is 0 Å². The SMILES string of the molecule is CCC1(CC)CC(NCc2ccccc2Cl)CCO1. The molecule has 1 saturated heterocycles. The summed E-state index contributed by atoms with van der Waals surface area (Å²) in [5.74, 6) is 0. The first kappa shape index (κ1) is 14.8. The van der Waals surface area contributed by atoms with Gasteiger partial charge >= 0.3 is 0 Å². The van der Waals surface area contributed by atoms with Crippen LogP contribution in [0, 0.1) is 0 Å². The predicted molar refractivity (Wildman–Crippen MR) is 80.6 cm³/mol. The molecular formula is C16H24ClNO. The van der Waals surface area contributed by atoms with Crippen LogP contribution < -0.4 is 5.32 Å². The fraction of sp³-hybridized carbons (Fsp3) is 0.625. The monoisotopic (exact) mass is 281 g/mol. The summed E-state index contributed by atoms with van der Waals surface area (Å²) in [5.41, 5.74) is 1.25. The predicted octanol–water partition coefficient (Wildman–Crippen LogP) is 4.17. The molecule has 1 aromatic carbocycles. The second-order valence-corrected chi connectivity index (χ2v) is 5.81. The zero-order chi connectivity index (χ0) is 13.7. The molecule has 19 heavy (non-hydrogen) atoms. The zero-order valence-corrected chi connectivity index (χ0v) is 12.7. The van der Waals surface area contributed by atoms with E-state index in [1.807, 2.05) is 18.2 Å². The van der Waals surface area contributed by atoms with Gasteiger partial charge in [-0.05, 0) is 37.3 Å². The van der Waals surface area contributed by atoms with Gasteiger partial charge in [0.05, 0.1) is 5.60 Å². The molecule has 0 radical (unpaired) electrons. The summed E-state index contributed by atoms with van der Waals surface area (Å²) in [6.07, 6.45) is 4.37. The summed E-state index contributed by atoms with van der Waals surface area (Å²) < 4.78 is 6.00. The van der Waals surface area contributed by atoms with Crippen LogP contribution in [0.2, 0.25) is 5.02 Å². The van der Waals surface area contributed by atoms with E-state index in [2.05, 4.69) is 25.2 Å². The van der Waals surface area contributed by atoms with Gasteiger partial charge in [0.15, 0.2) is 0 Å². The molecule has 1 atom stereocenters. The molecule has 1 aromatic rings. The zero-order valence-electron chi connectivity index (χ0n) is 11.9. The van der Waals surface area contributed by atoms with Crippen LogP contribution in [0.15, 0.2) is 24.3 Å². The Morgan fingerprint density at radius 2 is 2.05 bits per heavy atom. The Morgan fingerprint density at radius 3 is 2.74 bits per heavy atom. The number of nitrogens with one attached hydrogen (secondary N) is 1. The molecule has 0 aliphatic carbocycles. The smallest absolute Gasteiger partial charge is 0.0692 e. The molecule has 1 aliphatic rings. The van der Waals surface area contributed by atoms with Crippen molar-refractivity contribution in [1.29, 1.82) is 0 Å². The topological polar surface area (TPSA) is 21.3 Å². The highest BCUT2D eigenvalue weighted by Gasteiger charge is 2.34. The summed E-state index contributed by atoms with van der Waals surface area (Å²) in [7, 11) is 0. The van der Waals surface area contributed by atoms with Gasteiger partial charge in [-0.3, -0.25) is 0 Å². The van der Waals surface area contributed by atoms with Gasteiger partial charge in [0, 0.05) is 24.2 Å². The second-order valence-electron chi connectivity index (χ2n) is 5.40. The first-order valence-corrected chi connectivity index (χ1v) is 7.67. The Bertz CT molecular complexity index is 403. The van der Waals surface area contributed by atoms with Crippen LogP contribution in [0.1, 0.15) is 45.1 Å². The van der Waals surface area contributed by atoms with Gasteiger partial charge in [0.2, 0.25) is 0 Å². The van der Waals surface area contributed by atoms with Crippen LogP contribution in [-0.2, 0) is 11.3 Å². The molecule has 1 unspecified atom stereocenters. The highest BCUT2D eigenvalue weighted by atomic mass is 35.5. The minimum Gasteiger partial charge on any atom is -0.375 e. The lowest BCUT2D eigenvalue weighted by Crippen LogP contribution is -2.46. The van der Waals surface area contributed by atoms with E-state index in [4.69, 9.17) is 16.3 Å². The van der Waals surface area contributed by atoms with Crippen LogP contribution in [0.25, 0.3) is 0 Å². The van der Waals surface area contributed by atoms with Crippen molar-refractivity contribution < 1.29 is 4.74 Å². The van der Waals surface area contributed by atoms with Crippen molar-refractivity contribution in [1.82, 2.24) is 5.32 Å². The molecule has 1 fully saturated rings. The van der Waals surface area contributed by atoms with Crippen molar-refractivity contribution >= 4 is 11.6 Å². The summed E-state index contributed by atoms with van der Waals surface area (Å²) in [6, 6.07) is 8.58. The first-order chi connectivity index (χ1) is 9.19. The molecule has 1 N–H and O–H groups in total. The van der Waals surface area contributed by atoms with Crippen LogP contribution >= 0.6 is 11.6 Å². The molecule has 1 heterocycles. The van der Waals surface area contributed by atoms with Gasteiger partial charge < -0.3 is 10.1 Å². The van der Waals surface area contributed by atoms with Gasteiger partial charge in [0.25, 0.3) is 0 Å². The molecular weight excluding hydrogens is 258 g/mol. The van der Waals surface area contributed by atoms with E-state index < -0.39 is 0 Å². The fourth-order valence-electron chi connectivity index (χ4n) is 2.84. The van der Waals surface area contributed by atoms with E-state index in [0.717, 1.165) is 43.9 Å². The third kappa shape index (κ3) is 3.71. The Hall–Kier alpha value is -0.570. The number of halogens is 1. The molecule has 2 rings (SSSR count). The third-order valence-corrected chi connectivity index (χ3v) is 4.69. The maximum Gasteiger partial charge on any atom is 0.0692 e. The molecule has 106 valence electrons. The largest absolute Gasteiger partial charge is 0.375 e. The minimum atomic E-state index is 0.0798. The van der Waals surface area contributed by atoms with E-state index in [9.17, 15) is 0 Å². The van der Waals surface area contributed by atoms with Crippen molar-refractivity contribution in [3.05, 3.63) is 34.9 Å². The molecule has 1 aliphatic heterocycles. The van der Waals surface area contributed by atoms with Crippen molar-refractivity contribution in [2.75, 3.05) is 6.61 Å². The normalized spacial score (nSPS) is 22.4. The first-order valence-electron chi connectivity index (χ1n) is 7.30. The lowest BCUT2D eigenvalue weighted by molar-refractivity contribution is -0.0932. The van der Waals surface area contributed by atoms with Crippen molar-refractivity contribution in [2.45, 2.75) is 57.7 Å². The van der Waals surface area contributed by atoms with Crippen molar-refractivity contribution in [3.63, 3.8) is 0 Å². The van der Waals surface area contributed by atoms with Crippen LogP contribution in [0.5, 0.6) is 0 Å². The Kier molecular flexibility index (Phi) is 5.26. The highest BCUT2D eigenvalue weighted by molar-refractivity contribution is 6.31.